The molecule has 4 rings (SSSR count). The van der Waals surface area contributed by atoms with E-state index in [1.807, 2.05) is 31.2 Å². The maximum atomic E-state index is 13.5. The van der Waals surface area contributed by atoms with Crippen LogP contribution in [0, 0.1) is 0 Å². The van der Waals surface area contributed by atoms with E-state index < -0.39 is 27.9 Å². The van der Waals surface area contributed by atoms with E-state index in [0.29, 0.717) is 22.6 Å². The number of rotatable bonds is 6. The number of carbonyl (C=O) groups excluding carboxylic acids is 2. The van der Waals surface area contributed by atoms with Crippen LogP contribution < -0.4 is 9.64 Å². The minimum atomic E-state index is -3.29. The number of amides is 2. The van der Waals surface area contributed by atoms with Gasteiger partial charge in [0, 0.05) is 11.3 Å². The van der Waals surface area contributed by atoms with E-state index in [-0.39, 0.29) is 24.1 Å². The van der Waals surface area contributed by atoms with Gasteiger partial charge in [-0.2, -0.15) is 0 Å². The predicted molar refractivity (Wildman–Crippen MR) is 120 cm³/mol. The minimum Gasteiger partial charge on any atom is -0.496 e. The molecule has 2 atom stereocenters. The van der Waals surface area contributed by atoms with Crippen LogP contribution in [0.5, 0.6) is 5.75 Å². The van der Waals surface area contributed by atoms with E-state index in [2.05, 4.69) is 0 Å². The van der Waals surface area contributed by atoms with Crippen molar-refractivity contribution in [2.24, 2.45) is 0 Å². The summed E-state index contributed by atoms with van der Waals surface area (Å²) in [6.45, 7) is 2.17. The number of carbonyl (C=O) groups is 2. The van der Waals surface area contributed by atoms with Crippen molar-refractivity contribution in [1.82, 2.24) is 4.90 Å². The molecule has 0 radical (unpaired) electrons. The molecule has 2 saturated heterocycles. The molecule has 2 aromatic carbocycles. The van der Waals surface area contributed by atoms with Crippen LogP contribution >= 0.6 is 0 Å². The van der Waals surface area contributed by atoms with Gasteiger partial charge in [-0.05, 0) is 42.3 Å². The van der Waals surface area contributed by atoms with Crippen molar-refractivity contribution >= 4 is 27.5 Å². The summed E-state index contributed by atoms with van der Waals surface area (Å²) >= 11 is 0. The summed E-state index contributed by atoms with van der Waals surface area (Å²) in [5.74, 6) is -0.157. The van der Waals surface area contributed by atoms with Crippen LogP contribution in [0.4, 0.5) is 10.5 Å². The minimum absolute atomic E-state index is 0.0746. The standard InChI is InChI=1S/C23H26N2O6S/c1-4-15-5-8-18(9-6-15)25-20-14-32(28,29)13-19(20)24(23(25)27)12-17-11-16(22(26)31-3)7-10-21(17)30-2/h5-11,19-20H,4,12-14H2,1-3H3. The average molecular weight is 459 g/mol. The molecule has 2 unspecified atom stereocenters. The van der Waals surface area contributed by atoms with E-state index in [1.165, 1.54) is 14.2 Å². The van der Waals surface area contributed by atoms with Crippen LogP contribution in [0.25, 0.3) is 0 Å². The van der Waals surface area contributed by atoms with E-state index in [4.69, 9.17) is 9.47 Å². The zero-order valence-corrected chi connectivity index (χ0v) is 19.1. The number of methoxy groups -OCH3 is 2. The lowest BCUT2D eigenvalue weighted by Gasteiger charge is -2.23. The van der Waals surface area contributed by atoms with Crippen LogP contribution in [0.3, 0.4) is 0 Å². The molecular weight excluding hydrogens is 432 g/mol. The molecule has 170 valence electrons. The predicted octanol–water partition coefficient (Wildman–Crippen LogP) is 2.65. The highest BCUT2D eigenvalue weighted by atomic mass is 32.2. The highest BCUT2D eigenvalue weighted by Gasteiger charge is 2.53. The second kappa shape index (κ2) is 8.46. The Hall–Kier alpha value is -3.07. The fraction of sp³-hybridized carbons (Fsp3) is 0.391. The Bertz CT molecular complexity index is 1150. The van der Waals surface area contributed by atoms with Crippen molar-refractivity contribution in [3.8, 4) is 5.75 Å². The van der Waals surface area contributed by atoms with Crippen LogP contribution in [-0.4, -0.2) is 63.1 Å². The lowest BCUT2D eigenvalue weighted by atomic mass is 10.1. The van der Waals surface area contributed by atoms with E-state index >= 15 is 0 Å². The smallest absolute Gasteiger partial charge is 0.337 e. The van der Waals surface area contributed by atoms with Gasteiger partial charge in [0.05, 0.1) is 49.9 Å². The van der Waals surface area contributed by atoms with Crippen LogP contribution in [0.15, 0.2) is 42.5 Å². The van der Waals surface area contributed by atoms with Gasteiger partial charge in [0.15, 0.2) is 9.84 Å². The van der Waals surface area contributed by atoms with Crippen LogP contribution in [-0.2, 0) is 27.5 Å². The van der Waals surface area contributed by atoms with Gasteiger partial charge in [-0.3, -0.25) is 4.90 Å². The van der Waals surface area contributed by atoms with E-state index in [1.54, 1.807) is 28.0 Å². The molecule has 2 aromatic rings. The zero-order valence-electron chi connectivity index (χ0n) is 18.3. The summed E-state index contributed by atoms with van der Waals surface area (Å²) in [7, 11) is -0.486. The lowest BCUT2D eigenvalue weighted by Crippen LogP contribution is -2.37. The van der Waals surface area contributed by atoms with Gasteiger partial charge in [0.2, 0.25) is 0 Å². The summed E-state index contributed by atoms with van der Waals surface area (Å²) in [6, 6.07) is 11.3. The van der Waals surface area contributed by atoms with Gasteiger partial charge in [-0.1, -0.05) is 19.1 Å². The molecule has 2 heterocycles. The summed E-state index contributed by atoms with van der Waals surface area (Å²) in [5, 5.41) is 0. The van der Waals surface area contributed by atoms with Gasteiger partial charge >= 0.3 is 12.0 Å². The van der Waals surface area contributed by atoms with Crippen molar-refractivity contribution in [2.45, 2.75) is 32.0 Å². The Morgan fingerprint density at radius 1 is 1.06 bits per heavy atom. The largest absolute Gasteiger partial charge is 0.496 e. The third-order valence-corrected chi connectivity index (χ3v) is 7.84. The topological polar surface area (TPSA) is 93.2 Å². The molecule has 0 bridgehead atoms. The molecule has 2 fully saturated rings. The second-order valence-corrected chi connectivity index (χ2v) is 10.2. The molecule has 0 saturated carbocycles. The van der Waals surface area contributed by atoms with Gasteiger partial charge in [0.25, 0.3) is 0 Å². The number of benzene rings is 2. The number of nitrogens with zero attached hydrogens (tertiary/aromatic N) is 2. The molecule has 8 nitrogen and oxygen atoms in total. The molecule has 2 aliphatic rings. The number of hydrogen-bond acceptors (Lipinski definition) is 6. The fourth-order valence-electron chi connectivity index (χ4n) is 4.49. The first-order valence-electron chi connectivity index (χ1n) is 10.4. The Morgan fingerprint density at radius 2 is 1.75 bits per heavy atom. The molecule has 32 heavy (non-hydrogen) atoms. The van der Waals surface area contributed by atoms with Crippen LogP contribution in [0.1, 0.15) is 28.4 Å². The SMILES string of the molecule is CCc1ccc(N2C(=O)N(Cc3cc(C(=O)OC)ccc3OC)C3CS(=O)(=O)CC32)cc1. The van der Waals surface area contributed by atoms with Gasteiger partial charge in [0.1, 0.15) is 5.75 Å². The molecule has 0 N–H and O–H groups in total. The van der Waals surface area contributed by atoms with Crippen molar-refractivity contribution in [3.63, 3.8) is 0 Å². The van der Waals surface area contributed by atoms with Gasteiger partial charge < -0.3 is 14.4 Å². The first-order valence-corrected chi connectivity index (χ1v) is 12.2. The summed E-state index contributed by atoms with van der Waals surface area (Å²) in [4.78, 5) is 28.6. The van der Waals surface area contributed by atoms with Crippen molar-refractivity contribution < 1.29 is 27.5 Å². The monoisotopic (exact) mass is 458 g/mol. The Morgan fingerprint density at radius 3 is 2.38 bits per heavy atom. The molecular formula is C23H26N2O6S. The zero-order chi connectivity index (χ0) is 23.0. The number of anilines is 1. The van der Waals surface area contributed by atoms with Crippen LogP contribution in [0.2, 0.25) is 0 Å². The fourth-order valence-corrected chi connectivity index (χ4v) is 6.44. The lowest BCUT2D eigenvalue weighted by molar-refractivity contribution is 0.0600. The molecule has 0 aliphatic carbocycles. The van der Waals surface area contributed by atoms with Crippen molar-refractivity contribution in [1.29, 1.82) is 0 Å². The Balaban J connectivity index is 1.71. The van der Waals surface area contributed by atoms with Crippen molar-refractivity contribution in [3.05, 3.63) is 59.2 Å². The first kappa shape index (κ1) is 22.1. The van der Waals surface area contributed by atoms with Gasteiger partial charge in [-0.25, -0.2) is 18.0 Å². The third-order valence-electron chi connectivity index (χ3n) is 6.14. The number of esters is 1. The van der Waals surface area contributed by atoms with Gasteiger partial charge in [-0.15, -0.1) is 0 Å². The first-order chi connectivity index (χ1) is 15.3. The molecule has 9 heteroatoms. The average Bonchev–Trinajstić information content (AvgIpc) is 3.22. The summed E-state index contributed by atoms with van der Waals surface area (Å²) in [6.07, 6.45) is 0.872. The number of aryl methyl sites for hydroxylation is 1. The number of ether oxygens (including phenoxy) is 2. The highest BCUT2D eigenvalue weighted by molar-refractivity contribution is 7.91. The number of hydrogen-bond donors (Lipinski definition) is 0. The maximum Gasteiger partial charge on any atom is 0.337 e. The Kier molecular flexibility index (Phi) is 5.85. The third kappa shape index (κ3) is 3.92. The molecule has 0 spiro atoms. The quantitative estimate of drug-likeness (QED) is 0.488. The van der Waals surface area contributed by atoms with E-state index in [9.17, 15) is 18.0 Å². The number of sulfone groups is 1. The summed E-state index contributed by atoms with van der Waals surface area (Å²) < 4.78 is 35.2. The maximum absolute atomic E-state index is 13.5. The summed E-state index contributed by atoms with van der Waals surface area (Å²) in [5.41, 5.74) is 2.75. The highest BCUT2D eigenvalue weighted by Crippen LogP contribution is 2.37. The molecule has 2 amide bonds. The van der Waals surface area contributed by atoms with E-state index in [0.717, 1.165) is 12.0 Å². The van der Waals surface area contributed by atoms with Crippen molar-refractivity contribution in [2.75, 3.05) is 30.6 Å². The molecule has 0 aromatic heterocycles. The molecule has 2 aliphatic heterocycles. The Labute approximate surface area is 187 Å². The number of fused-ring (bicyclic) bond motifs is 1. The normalized spacial score (nSPS) is 21.5. The second-order valence-electron chi connectivity index (χ2n) is 8.03. The number of urea groups is 1.